The molecule has 28 heavy (non-hydrogen) atoms. The Bertz CT molecular complexity index is 1020. The van der Waals surface area contributed by atoms with E-state index in [2.05, 4.69) is 34.1 Å². The molecule has 1 amide bonds. The molecule has 4 rings (SSSR count). The van der Waals surface area contributed by atoms with Gasteiger partial charge in [0.1, 0.15) is 11.5 Å². The molecule has 0 fully saturated rings. The zero-order valence-corrected chi connectivity index (χ0v) is 15.9. The van der Waals surface area contributed by atoms with Crippen molar-refractivity contribution in [1.82, 2.24) is 15.0 Å². The molecule has 1 aliphatic rings. The monoisotopic (exact) mass is 374 g/mol. The molecule has 2 aromatic heterocycles. The molecular weight excluding hydrogens is 352 g/mol. The predicted molar refractivity (Wildman–Crippen MR) is 109 cm³/mol. The summed E-state index contributed by atoms with van der Waals surface area (Å²) in [5.74, 6) is 1.21. The number of anilines is 3. The average molecular weight is 374 g/mol. The maximum absolute atomic E-state index is 12.6. The average Bonchev–Trinajstić information content (AvgIpc) is 3.11. The lowest BCUT2D eigenvalue weighted by Gasteiger charge is -2.16. The van der Waals surface area contributed by atoms with Gasteiger partial charge in [-0.2, -0.15) is 0 Å². The van der Waals surface area contributed by atoms with Gasteiger partial charge in [-0.3, -0.25) is 4.79 Å². The summed E-state index contributed by atoms with van der Waals surface area (Å²) < 4.78 is 0. The molecule has 0 radical (unpaired) electrons. The van der Waals surface area contributed by atoms with Crippen LogP contribution in [-0.4, -0.2) is 20.9 Å². The van der Waals surface area contributed by atoms with Gasteiger partial charge in [-0.05, 0) is 35.7 Å². The topological polar surface area (TPSA) is 97.0 Å². The smallest absolute Gasteiger partial charge is 0.274 e. The molecule has 0 bridgehead atoms. The number of fused-ring (bicyclic) bond motifs is 1. The van der Waals surface area contributed by atoms with E-state index in [9.17, 15) is 4.79 Å². The third kappa shape index (κ3) is 3.64. The second kappa shape index (κ2) is 7.26. The van der Waals surface area contributed by atoms with Crippen LogP contribution in [0.25, 0.3) is 0 Å². The highest BCUT2D eigenvalue weighted by Gasteiger charge is 2.23. The highest BCUT2D eigenvalue weighted by molar-refractivity contribution is 6.03. The Labute approximate surface area is 163 Å². The lowest BCUT2D eigenvalue weighted by molar-refractivity contribution is 0.102. The van der Waals surface area contributed by atoms with Crippen LogP contribution in [0.4, 0.5) is 17.5 Å². The van der Waals surface area contributed by atoms with Crippen molar-refractivity contribution in [3.05, 3.63) is 71.2 Å². The van der Waals surface area contributed by atoms with E-state index in [-0.39, 0.29) is 11.9 Å². The van der Waals surface area contributed by atoms with Crippen molar-refractivity contribution in [2.75, 3.05) is 16.0 Å². The summed E-state index contributed by atoms with van der Waals surface area (Å²) in [6.45, 7) is 5.51. The largest absolute Gasteiger partial charge is 0.368 e. The van der Waals surface area contributed by atoms with Gasteiger partial charge in [-0.15, -0.1) is 0 Å². The van der Waals surface area contributed by atoms with Crippen molar-refractivity contribution in [1.29, 1.82) is 0 Å². The van der Waals surface area contributed by atoms with Crippen LogP contribution in [0, 0.1) is 0 Å². The molecule has 1 aliphatic heterocycles. The van der Waals surface area contributed by atoms with Gasteiger partial charge in [-0.1, -0.05) is 32.0 Å². The number of nitrogens with one attached hydrogen (secondary N) is 1. The first-order chi connectivity index (χ1) is 13.5. The quantitative estimate of drug-likeness (QED) is 0.727. The van der Waals surface area contributed by atoms with Crippen molar-refractivity contribution < 1.29 is 4.79 Å². The molecule has 3 heterocycles. The predicted octanol–water partition coefficient (Wildman–Crippen LogP) is 3.35. The Kier molecular flexibility index (Phi) is 4.65. The Morgan fingerprint density at radius 1 is 1.11 bits per heavy atom. The molecule has 0 atom stereocenters. The SMILES string of the molecule is CC(C)c1ccc(NC(=O)c2cccc(N3Cc4cnc(N)nc4C3)n2)cc1. The Morgan fingerprint density at radius 2 is 1.89 bits per heavy atom. The number of carbonyl (C=O) groups is 1. The van der Waals surface area contributed by atoms with Crippen molar-refractivity contribution in [2.45, 2.75) is 32.9 Å². The molecule has 142 valence electrons. The first-order valence-corrected chi connectivity index (χ1v) is 9.23. The molecule has 0 saturated heterocycles. The lowest BCUT2D eigenvalue weighted by Crippen LogP contribution is -2.19. The van der Waals surface area contributed by atoms with Crippen LogP contribution in [0.5, 0.6) is 0 Å². The maximum atomic E-state index is 12.6. The summed E-state index contributed by atoms with van der Waals surface area (Å²) in [4.78, 5) is 27.5. The standard InChI is InChI=1S/C21H22N6O/c1-13(2)14-6-8-16(9-7-14)24-20(28)17-4-3-5-19(25-17)27-11-15-10-23-21(22)26-18(15)12-27/h3-10,13H,11-12H2,1-2H3,(H,24,28)(H2,22,23,26). The normalized spacial score (nSPS) is 12.9. The summed E-state index contributed by atoms with van der Waals surface area (Å²) in [5, 5.41) is 2.91. The summed E-state index contributed by atoms with van der Waals surface area (Å²) in [6, 6.07) is 13.3. The van der Waals surface area contributed by atoms with Crippen molar-refractivity contribution in [2.24, 2.45) is 0 Å². The van der Waals surface area contributed by atoms with Crippen LogP contribution in [0.3, 0.4) is 0 Å². The molecule has 7 heteroatoms. The van der Waals surface area contributed by atoms with E-state index in [1.807, 2.05) is 41.3 Å². The fourth-order valence-corrected chi connectivity index (χ4v) is 3.20. The van der Waals surface area contributed by atoms with Crippen LogP contribution in [0.15, 0.2) is 48.7 Å². The number of rotatable bonds is 4. The second-order valence-electron chi connectivity index (χ2n) is 7.17. The van der Waals surface area contributed by atoms with Crippen molar-refractivity contribution in [3.63, 3.8) is 0 Å². The molecule has 0 unspecified atom stereocenters. The Morgan fingerprint density at radius 3 is 2.64 bits per heavy atom. The maximum Gasteiger partial charge on any atom is 0.274 e. The van der Waals surface area contributed by atoms with E-state index in [0.717, 1.165) is 22.8 Å². The minimum atomic E-state index is -0.236. The number of nitrogen functional groups attached to an aromatic ring is 1. The van der Waals surface area contributed by atoms with Crippen LogP contribution >= 0.6 is 0 Å². The summed E-state index contributed by atoms with van der Waals surface area (Å²) in [5.41, 5.74) is 9.94. The van der Waals surface area contributed by atoms with Gasteiger partial charge in [0.15, 0.2) is 0 Å². The second-order valence-corrected chi connectivity index (χ2v) is 7.17. The Balaban J connectivity index is 1.48. The van der Waals surface area contributed by atoms with Gasteiger partial charge < -0.3 is 16.0 Å². The summed E-state index contributed by atoms with van der Waals surface area (Å²) in [6.07, 6.45) is 1.75. The molecule has 7 nitrogen and oxygen atoms in total. The van der Waals surface area contributed by atoms with Gasteiger partial charge in [0.05, 0.1) is 12.2 Å². The number of amides is 1. The van der Waals surface area contributed by atoms with E-state index in [1.165, 1.54) is 5.56 Å². The van der Waals surface area contributed by atoms with E-state index < -0.39 is 0 Å². The number of carbonyl (C=O) groups excluding carboxylic acids is 1. The van der Waals surface area contributed by atoms with E-state index >= 15 is 0 Å². The fraction of sp³-hybridized carbons (Fsp3) is 0.238. The number of pyridine rings is 1. The van der Waals surface area contributed by atoms with E-state index in [4.69, 9.17) is 5.73 Å². The van der Waals surface area contributed by atoms with Gasteiger partial charge in [-0.25, -0.2) is 15.0 Å². The summed E-state index contributed by atoms with van der Waals surface area (Å²) >= 11 is 0. The van der Waals surface area contributed by atoms with Gasteiger partial charge in [0.2, 0.25) is 5.95 Å². The van der Waals surface area contributed by atoms with Gasteiger partial charge in [0, 0.05) is 24.0 Å². The van der Waals surface area contributed by atoms with E-state index in [1.54, 1.807) is 12.3 Å². The first kappa shape index (κ1) is 17.9. The highest BCUT2D eigenvalue weighted by atomic mass is 16.1. The Hall–Kier alpha value is -3.48. The van der Waals surface area contributed by atoms with Crippen molar-refractivity contribution in [3.8, 4) is 0 Å². The van der Waals surface area contributed by atoms with Crippen LogP contribution < -0.4 is 16.0 Å². The number of nitrogens with zero attached hydrogens (tertiary/aromatic N) is 4. The van der Waals surface area contributed by atoms with Crippen LogP contribution in [0.2, 0.25) is 0 Å². The zero-order chi connectivity index (χ0) is 19.7. The molecule has 3 N–H and O–H groups in total. The molecule has 0 spiro atoms. The number of nitrogens with two attached hydrogens (primary N) is 1. The van der Waals surface area contributed by atoms with Crippen molar-refractivity contribution >= 4 is 23.4 Å². The van der Waals surface area contributed by atoms with Gasteiger partial charge in [0.25, 0.3) is 5.91 Å². The molecule has 3 aromatic rings. The number of hydrogen-bond donors (Lipinski definition) is 2. The number of aromatic nitrogens is 3. The molecule has 0 aliphatic carbocycles. The van der Waals surface area contributed by atoms with Crippen LogP contribution in [0.1, 0.15) is 47.1 Å². The minimum absolute atomic E-state index is 0.236. The molecule has 0 saturated carbocycles. The zero-order valence-electron chi connectivity index (χ0n) is 15.9. The lowest BCUT2D eigenvalue weighted by atomic mass is 10.0. The molecular formula is C21H22N6O. The highest BCUT2D eigenvalue weighted by Crippen LogP contribution is 2.26. The van der Waals surface area contributed by atoms with Gasteiger partial charge >= 0.3 is 0 Å². The number of hydrogen-bond acceptors (Lipinski definition) is 6. The first-order valence-electron chi connectivity index (χ1n) is 9.23. The minimum Gasteiger partial charge on any atom is -0.368 e. The molecule has 1 aromatic carbocycles. The fourth-order valence-electron chi connectivity index (χ4n) is 3.20. The summed E-state index contributed by atoms with van der Waals surface area (Å²) in [7, 11) is 0. The van der Waals surface area contributed by atoms with E-state index in [0.29, 0.717) is 24.7 Å². The van der Waals surface area contributed by atoms with Crippen LogP contribution in [-0.2, 0) is 13.1 Å². The number of benzene rings is 1. The third-order valence-electron chi connectivity index (χ3n) is 4.80. The third-order valence-corrected chi connectivity index (χ3v) is 4.80.